The summed E-state index contributed by atoms with van der Waals surface area (Å²) in [6, 6.07) is 11.0. The predicted molar refractivity (Wildman–Crippen MR) is 78.4 cm³/mol. The average Bonchev–Trinajstić information content (AvgIpc) is 2.94. The Morgan fingerprint density at radius 1 is 1.33 bits per heavy atom. The molecular weight excluding hydrogens is 290 g/mol. The molecule has 6 heteroatoms. The van der Waals surface area contributed by atoms with Gasteiger partial charge >= 0.3 is 5.97 Å². The molecule has 0 fully saturated rings. The molecule has 1 aliphatic rings. The molecule has 0 bridgehead atoms. The Labute approximate surface area is 125 Å². The molecular formula is C15H13NO4S. The Bertz CT molecular complexity index is 668. The van der Waals surface area contributed by atoms with Crippen LogP contribution < -0.4 is 4.90 Å². The highest BCUT2D eigenvalue weighted by Crippen LogP contribution is 2.45. The fraction of sp³-hybridized carbons (Fsp3) is 0.200. The van der Waals surface area contributed by atoms with Crippen molar-refractivity contribution in [3.8, 4) is 0 Å². The number of rotatable bonds is 3. The summed E-state index contributed by atoms with van der Waals surface area (Å²) in [7, 11) is 0. The molecule has 1 unspecified atom stereocenters. The van der Waals surface area contributed by atoms with Gasteiger partial charge in [0.25, 0.3) is 0 Å². The zero-order chi connectivity index (χ0) is 14.8. The summed E-state index contributed by atoms with van der Waals surface area (Å²) in [5, 5.41) is 8.89. The number of furan rings is 1. The SMILES string of the molecule is O=C(O)CN1C(=O)CC(c2ccco2)Sc2ccccc21. The van der Waals surface area contributed by atoms with Gasteiger partial charge in [-0.2, -0.15) is 0 Å². The lowest BCUT2D eigenvalue weighted by Crippen LogP contribution is -2.35. The van der Waals surface area contributed by atoms with Gasteiger partial charge in [0, 0.05) is 11.3 Å². The number of carbonyl (C=O) groups excluding carboxylic acids is 1. The lowest BCUT2D eigenvalue weighted by atomic mass is 10.2. The zero-order valence-corrected chi connectivity index (χ0v) is 11.9. The largest absolute Gasteiger partial charge is 0.480 e. The van der Waals surface area contributed by atoms with Crippen LogP contribution in [0.3, 0.4) is 0 Å². The molecule has 1 aromatic carbocycles. The lowest BCUT2D eigenvalue weighted by molar-refractivity contribution is -0.136. The first-order chi connectivity index (χ1) is 10.1. The van der Waals surface area contributed by atoms with Crippen LogP contribution >= 0.6 is 11.8 Å². The Morgan fingerprint density at radius 3 is 2.86 bits per heavy atom. The first-order valence-corrected chi connectivity index (χ1v) is 7.34. The number of fused-ring (bicyclic) bond motifs is 1. The summed E-state index contributed by atoms with van der Waals surface area (Å²) in [4.78, 5) is 25.7. The number of hydrogen-bond acceptors (Lipinski definition) is 4. The third kappa shape index (κ3) is 2.80. The first kappa shape index (κ1) is 13.8. The number of para-hydroxylation sites is 1. The van der Waals surface area contributed by atoms with Crippen molar-refractivity contribution in [1.29, 1.82) is 0 Å². The topological polar surface area (TPSA) is 70.8 Å². The van der Waals surface area contributed by atoms with Crippen LogP contribution in [0.15, 0.2) is 52.0 Å². The Morgan fingerprint density at radius 2 is 2.14 bits per heavy atom. The Kier molecular flexibility index (Phi) is 3.70. The van der Waals surface area contributed by atoms with Gasteiger partial charge in [0.15, 0.2) is 0 Å². The van der Waals surface area contributed by atoms with Crippen LogP contribution in [0, 0.1) is 0 Å². The molecule has 2 aromatic rings. The van der Waals surface area contributed by atoms with E-state index in [1.165, 1.54) is 16.7 Å². The van der Waals surface area contributed by atoms with Crippen molar-refractivity contribution in [2.45, 2.75) is 16.6 Å². The van der Waals surface area contributed by atoms with E-state index < -0.39 is 5.97 Å². The third-order valence-electron chi connectivity index (χ3n) is 3.24. The van der Waals surface area contributed by atoms with Crippen LogP contribution in [0.2, 0.25) is 0 Å². The van der Waals surface area contributed by atoms with E-state index >= 15 is 0 Å². The van der Waals surface area contributed by atoms with Crippen LogP contribution in [-0.4, -0.2) is 23.5 Å². The number of thioether (sulfide) groups is 1. The number of carbonyl (C=O) groups is 2. The summed E-state index contributed by atoms with van der Waals surface area (Å²) >= 11 is 1.52. The highest BCUT2D eigenvalue weighted by Gasteiger charge is 2.31. The molecule has 1 atom stereocenters. The lowest BCUT2D eigenvalue weighted by Gasteiger charge is -2.20. The maximum atomic E-state index is 12.4. The van der Waals surface area contributed by atoms with Crippen LogP contribution in [0.25, 0.3) is 0 Å². The van der Waals surface area contributed by atoms with Crippen molar-refractivity contribution >= 4 is 29.3 Å². The summed E-state index contributed by atoms with van der Waals surface area (Å²) < 4.78 is 5.40. The Hall–Kier alpha value is -2.21. The fourth-order valence-corrected chi connectivity index (χ4v) is 3.56. The molecule has 0 saturated carbocycles. The number of aliphatic carboxylic acids is 1. The number of nitrogens with zero attached hydrogens (tertiary/aromatic N) is 1. The summed E-state index contributed by atoms with van der Waals surface area (Å²) in [6.07, 6.45) is 1.78. The Balaban J connectivity index is 2.00. The molecule has 0 spiro atoms. The number of carboxylic acid groups (broad SMARTS) is 1. The molecule has 5 nitrogen and oxygen atoms in total. The van der Waals surface area contributed by atoms with E-state index in [0.717, 1.165) is 10.7 Å². The van der Waals surface area contributed by atoms with Gasteiger partial charge in [-0.25, -0.2) is 0 Å². The van der Waals surface area contributed by atoms with Crippen LogP contribution in [0.4, 0.5) is 5.69 Å². The summed E-state index contributed by atoms with van der Waals surface area (Å²) in [5.41, 5.74) is 0.643. The molecule has 2 heterocycles. The van der Waals surface area contributed by atoms with E-state index in [2.05, 4.69) is 0 Å². The average molecular weight is 303 g/mol. The van der Waals surface area contributed by atoms with E-state index in [1.54, 1.807) is 24.5 Å². The van der Waals surface area contributed by atoms with Crippen molar-refractivity contribution in [3.63, 3.8) is 0 Å². The van der Waals surface area contributed by atoms with Gasteiger partial charge in [-0.15, -0.1) is 11.8 Å². The second kappa shape index (κ2) is 5.65. The predicted octanol–water partition coefficient (Wildman–Crippen LogP) is 2.93. The van der Waals surface area contributed by atoms with E-state index in [4.69, 9.17) is 9.52 Å². The van der Waals surface area contributed by atoms with Gasteiger partial charge in [0.05, 0.1) is 17.2 Å². The molecule has 0 aliphatic carbocycles. The van der Waals surface area contributed by atoms with Gasteiger partial charge in [-0.05, 0) is 24.3 Å². The van der Waals surface area contributed by atoms with Crippen molar-refractivity contribution in [1.82, 2.24) is 0 Å². The maximum Gasteiger partial charge on any atom is 0.323 e. The second-order valence-electron chi connectivity index (χ2n) is 4.67. The quantitative estimate of drug-likeness (QED) is 0.944. The van der Waals surface area contributed by atoms with Crippen LogP contribution in [0.1, 0.15) is 17.4 Å². The van der Waals surface area contributed by atoms with E-state index in [9.17, 15) is 9.59 Å². The van der Waals surface area contributed by atoms with E-state index in [1.807, 2.05) is 18.2 Å². The smallest absolute Gasteiger partial charge is 0.323 e. The highest BCUT2D eigenvalue weighted by molar-refractivity contribution is 7.99. The molecule has 1 aromatic heterocycles. The third-order valence-corrected chi connectivity index (χ3v) is 4.52. The van der Waals surface area contributed by atoms with Crippen molar-refractivity contribution in [2.75, 3.05) is 11.4 Å². The maximum absolute atomic E-state index is 12.4. The molecule has 1 amide bonds. The van der Waals surface area contributed by atoms with Crippen molar-refractivity contribution < 1.29 is 19.1 Å². The van der Waals surface area contributed by atoms with Gasteiger partial charge in [-0.3, -0.25) is 9.59 Å². The first-order valence-electron chi connectivity index (χ1n) is 6.46. The molecule has 21 heavy (non-hydrogen) atoms. The molecule has 1 N–H and O–H groups in total. The molecule has 0 radical (unpaired) electrons. The van der Waals surface area contributed by atoms with Gasteiger partial charge in [-0.1, -0.05) is 12.1 Å². The van der Waals surface area contributed by atoms with E-state index in [-0.39, 0.29) is 24.1 Å². The summed E-state index contributed by atoms with van der Waals surface area (Å²) in [5.74, 6) is -0.517. The van der Waals surface area contributed by atoms with E-state index in [0.29, 0.717) is 5.69 Å². The standard InChI is InChI=1S/C15H13NO4S/c17-14-8-13(11-5-3-7-20-11)21-12-6-2-1-4-10(12)16(14)9-15(18)19/h1-7,13H,8-9H2,(H,18,19). The fourth-order valence-electron chi connectivity index (χ4n) is 2.32. The second-order valence-corrected chi connectivity index (χ2v) is 5.91. The molecule has 108 valence electrons. The number of amides is 1. The zero-order valence-electron chi connectivity index (χ0n) is 11.1. The van der Waals surface area contributed by atoms with Gasteiger partial charge in [0.1, 0.15) is 12.3 Å². The minimum Gasteiger partial charge on any atom is -0.480 e. The highest BCUT2D eigenvalue weighted by atomic mass is 32.2. The monoisotopic (exact) mass is 303 g/mol. The summed E-state index contributed by atoms with van der Waals surface area (Å²) in [6.45, 7) is -0.332. The van der Waals surface area contributed by atoms with Gasteiger partial charge in [0.2, 0.25) is 5.91 Å². The number of hydrogen-bond donors (Lipinski definition) is 1. The van der Waals surface area contributed by atoms with Crippen molar-refractivity contribution in [3.05, 3.63) is 48.4 Å². The number of benzene rings is 1. The minimum atomic E-state index is -1.03. The van der Waals surface area contributed by atoms with Crippen LogP contribution in [-0.2, 0) is 9.59 Å². The molecule has 3 rings (SSSR count). The van der Waals surface area contributed by atoms with Crippen molar-refractivity contribution in [2.24, 2.45) is 0 Å². The number of carboxylic acids is 1. The van der Waals surface area contributed by atoms with Gasteiger partial charge < -0.3 is 14.4 Å². The number of anilines is 1. The minimum absolute atomic E-state index is 0.146. The molecule has 0 saturated heterocycles. The normalized spacial score (nSPS) is 18.2. The van der Waals surface area contributed by atoms with Crippen LogP contribution in [0.5, 0.6) is 0 Å². The molecule has 1 aliphatic heterocycles.